The third-order valence-corrected chi connectivity index (χ3v) is 5.57. The third-order valence-electron chi connectivity index (χ3n) is 3.01. The minimum absolute atomic E-state index is 0.110. The van der Waals surface area contributed by atoms with Crippen molar-refractivity contribution in [2.24, 2.45) is 10.5 Å². The van der Waals surface area contributed by atoms with Gasteiger partial charge in [-0.1, -0.05) is 55.6 Å². The molecule has 1 aromatic carbocycles. The van der Waals surface area contributed by atoms with Gasteiger partial charge in [-0.3, -0.25) is 4.79 Å². The number of amides is 1. The third kappa shape index (κ3) is 2.78. The van der Waals surface area contributed by atoms with E-state index in [1.54, 1.807) is 18.3 Å². The van der Waals surface area contributed by atoms with Crippen LogP contribution in [0.5, 0.6) is 0 Å². The average molecular weight is 394 g/mol. The van der Waals surface area contributed by atoms with Gasteiger partial charge in [0.15, 0.2) is 0 Å². The summed E-state index contributed by atoms with van der Waals surface area (Å²) in [7, 11) is 0. The fourth-order valence-electron chi connectivity index (χ4n) is 1.48. The Morgan fingerprint density at radius 3 is 2.50 bits per heavy atom. The van der Waals surface area contributed by atoms with Gasteiger partial charge in [-0.2, -0.15) is 5.10 Å². The molecule has 0 unspecified atom stereocenters. The van der Waals surface area contributed by atoms with Crippen LogP contribution >= 0.6 is 43.5 Å². The number of rotatable bonds is 3. The van der Waals surface area contributed by atoms with Gasteiger partial charge >= 0.3 is 0 Å². The lowest BCUT2D eigenvalue weighted by Crippen LogP contribution is -2.29. The number of halogens is 3. The van der Waals surface area contributed by atoms with Crippen LogP contribution in [-0.2, 0) is 4.79 Å². The Balaban J connectivity index is 1.93. The van der Waals surface area contributed by atoms with Gasteiger partial charge in [-0.15, -0.1) is 0 Å². The zero-order valence-electron chi connectivity index (χ0n) is 9.58. The summed E-state index contributed by atoms with van der Waals surface area (Å²) < 4.78 is -0.299. The standard InChI is InChI=1S/C12H11Br2ClN2O/c1-11(7-12(11,13)14)10(18)17-16-6-8-2-4-9(15)5-3-8/h2-6H,7H2,1H3,(H,17,18)/b16-6-/t11-/m0/s1. The van der Waals surface area contributed by atoms with Gasteiger partial charge in [-0.05, 0) is 31.0 Å². The Morgan fingerprint density at radius 1 is 1.44 bits per heavy atom. The van der Waals surface area contributed by atoms with Crippen LogP contribution in [0.25, 0.3) is 0 Å². The summed E-state index contributed by atoms with van der Waals surface area (Å²) in [5, 5.41) is 4.61. The van der Waals surface area contributed by atoms with Crippen LogP contribution in [0, 0.1) is 5.41 Å². The fourth-order valence-corrected chi connectivity index (χ4v) is 3.09. The topological polar surface area (TPSA) is 41.5 Å². The highest BCUT2D eigenvalue weighted by atomic mass is 79.9. The Labute approximate surface area is 127 Å². The molecule has 0 spiro atoms. The van der Waals surface area contributed by atoms with Crippen molar-refractivity contribution in [3.05, 3.63) is 34.9 Å². The van der Waals surface area contributed by atoms with Crippen molar-refractivity contribution < 1.29 is 4.79 Å². The molecule has 1 amide bonds. The molecule has 6 heteroatoms. The predicted molar refractivity (Wildman–Crippen MR) is 80.5 cm³/mol. The van der Waals surface area contributed by atoms with E-state index in [4.69, 9.17) is 11.6 Å². The molecule has 0 radical (unpaired) electrons. The first kappa shape index (κ1) is 14.0. The van der Waals surface area contributed by atoms with Crippen LogP contribution in [0.4, 0.5) is 0 Å². The van der Waals surface area contributed by atoms with Gasteiger partial charge in [-0.25, -0.2) is 5.43 Å². The number of hydrogen-bond donors (Lipinski definition) is 1. The summed E-state index contributed by atoms with van der Waals surface area (Å²) in [5.74, 6) is -0.110. The highest BCUT2D eigenvalue weighted by Crippen LogP contribution is 2.66. The molecule has 1 aromatic rings. The van der Waals surface area contributed by atoms with Gasteiger partial charge in [0, 0.05) is 5.02 Å². The van der Waals surface area contributed by atoms with E-state index in [-0.39, 0.29) is 9.14 Å². The Hall–Kier alpha value is -0.390. The number of alkyl halides is 2. The molecule has 1 N–H and O–H groups in total. The number of carbonyl (C=O) groups is 1. The lowest BCUT2D eigenvalue weighted by molar-refractivity contribution is -0.125. The van der Waals surface area contributed by atoms with Crippen molar-refractivity contribution in [3.63, 3.8) is 0 Å². The van der Waals surface area contributed by atoms with Crippen molar-refractivity contribution in [1.29, 1.82) is 0 Å². The lowest BCUT2D eigenvalue weighted by atomic mass is 10.1. The number of nitrogens with one attached hydrogen (secondary N) is 1. The maximum absolute atomic E-state index is 11.9. The molecule has 3 nitrogen and oxygen atoms in total. The van der Waals surface area contributed by atoms with Crippen LogP contribution in [-0.4, -0.2) is 15.4 Å². The summed E-state index contributed by atoms with van der Waals surface area (Å²) in [5.41, 5.74) is 2.97. The second-order valence-electron chi connectivity index (χ2n) is 4.46. The Bertz CT molecular complexity index is 501. The fraction of sp³-hybridized carbons (Fsp3) is 0.333. The number of hydrogen-bond acceptors (Lipinski definition) is 2. The number of nitrogens with zero attached hydrogens (tertiary/aromatic N) is 1. The largest absolute Gasteiger partial charge is 0.272 e. The van der Waals surface area contributed by atoms with E-state index in [9.17, 15) is 4.79 Å². The van der Waals surface area contributed by atoms with Gasteiger partial charge in [0.25, 0.3) is 0 Å². The van der Waals surface area contributed by atoms with Crippen LogP contribution in [0.15, 0.2) is 29.4 Å². The summed E-state index contributed by atoms with van der Waals surface area (Å²) in [4.78, 5) is 11.9. The van der Waals surface area contributed by atoms with Crippen LogP contribution in [0.3, 0.4) is 0 Å². The predicted octanol–water partition coefficient (Wildman–Crippen LogP) is 3.69. The molecule has 1 fully saturated rings. The molecule has 1 aliphatic rings. The molecular weight excluding hydrogens is 383 g/mol. The molecule has 0 heterocycles. The van der Waals surface area contributed by atoms with E-state index in [1.165, 1.54) is 0 Å². The quantitative estimate of drug-likeness (QED) is 0.474. The Morgan fingerprint density at radius 2 is 2.00 bits per heavy atom. The van der Waals surface area contributed by atoms with E-state index in [1.807, 2.05) is 19.1 Å². The monoisotopic (exact) mass is 392 g/mol. The number of carbonyl (C=O) groups excluding carboxylic acids is 1. The summed E-state index contributed by atoms with van der Waals surface area (Å²) >= 11 is 12.7. The molecule has 18 heavy (non-hydrogen) atoms. The van der Waals surface area contributed by atoms with Crippen LogP contribution in [0.2, 0.25) is 5.02 Å². The van der Waals surface area contributed by atoms with Crippen LogP contribution < -0.4 is 5.43 Å². The van der Waals surface area contributed by atoms with Gasteiger partial charge in [0.2, 0.25) is 5.91 Å². The summed E-state index contributed by atoms with van der Waals surface area (Å²) in [6.45, 7) is 1.88. The second kappa shape index (κ2) is 4.94. The van der Waals surface area contributed by atoms with E-state index in [0.717, 1.165) is 12.0 Å². The minimum atomic E-state index is -0.454. The highest BCUT2D eigenvalue weighted by molar-refractivity contribution is 9.25. The normalized spacial score (nSPS) is 25.1. The summed E-state index contributed by atoms with van der Waals surface area (Å²) in [6.07, 6.45) is 2.33. The molecular formula is C12H11Br2ClN2O. The van der Waals surface area contributed by atoms with Crippen molar-refractivity contribution in [1.82, 2.24) is 5.43 Å². The van der Waals surface area contributed by atoms with Crippen molar-refractivity contribution >= 4 is 55.6 Å². The first-order chi connectivity index (χ1) is 8.35. The SMILES string of the molecule is C[C@@]1(C(=O)N/N=C\c2ccc(Cl)cc2)CC1(Br)Br. The first-order valence-electron chi connectivity index (χ1n) is 5.32. The number of benzene rings is 1. The van der Waals surface area contributed by atoms with Crippen LogP contribution in [0.1, 0.15) is 18.9 Å². The zero-order valence-corrected chi connectivity index (χ0v) is 13.5. The van der Waals surface area contributed by atoms with Crippen molar-refractivity contribution in [3.8, 4) is 0 Å². The number of hydrazone groups is 1. The van der Waals surface area contributed by atoms with Gasteiger partial charge in [0.1, 0.15) is 0 Å². The molecule has 2 rings (SSSR count). The molecule has 1 saturated carbocycles. The average Bonchev–Trinajstić information content (AvgIpc) is 2.82. The van der Waals surface area contributed by atoms with E-state index < -0.39 is 5.41 Å². The molecule has 0 bridgehead atoms. The molecule has 1 aliphatic carbocycles. The molecule has 1 atom stereocenters. The lowest BCUT2D eigenvalue weighted by Gasteiger charge is -2.09. The minimum Gasteiger partial charge on any atom is -0.272 e. The highest BCUT2D eigenvalue weighted by Gasteiger charge is 2.66. The molecule has 0 saturated heterocycles. The molecule has 96 valence electrons. The molecule has 0 aromatic heterocycles. The van der Waals surface area contributed by atoms with E-state index >= 15 is 0 Å². The summed E-state index contributed by atoms with van der Waals surface area (Å²) in [6, 6.07) is 7.20. The smallest absolute Gasteiger partial charge is 0.248 e. The maximum Gasteiger partial charge on any atom is 0.248 e. The second-order valence-corrected chi connectivity index (χ2v) is 8.67. The zero-order chi connectivity index (χ0) is 13.4. The van der Waals surface area contributed by atoms with E-state index in [2.05, 4.69) is 42.4 Å². The first-order valence-corrected chi connectivity index (χ1v) is 7.28. The maximum atomic E-state index is 11.9. The molecule has 0 aliphatic heterocycles. The van der Waals surface area contributed by atoms with Crippen molar-refractivity contribution in [2.45, 2.75) is 16.6 Å². The Kier molecular flexibility index (Phi) is 3.85. The van der Waals surface area contributed by atoms with Gasteiger partial charge in [0.05, 0.1) is 14.9 Å². The van der Waals surface area contributed by atoms with E-state index in [0.29, 0.717) is 5.02 Å². The van der Waals surface area contributed by atoms with Gasteiger partial charge < -0.3 is 0 Å². The van der Waals surface area contributed by atoms with Crippen molar-refractivity contribution in [2.75, 3.05) is 0 Å².